The Kier molecular flexibility index (Phi) is 4.81. The molecule has 1 aliphatic heterocycles. The summed E-state index contributed by atoms with van der Waals surface area (Å²) in [4.78, 5) is 0. The molecule has 0 saturated carbocycles. The van der Waals surface area contributed by atoms with Gasteiger partial charge in [0.1, 0.15) is 6.61 Å². The Balaban J connectivity index is 1.62. The highest BCUT2D eigenvalue weighted by molar-refractivity contribution is 7.75. The zero-order valence-corrected chi connectivity index (χ0v) is 14.8. The van der Waals surface area contributed by atoms with Gasteiger partial charge in [0.25, 0.3) is 0 Å². The van der Waals surface area contributed by atoms with Gasteiger partial charge in [-0.3, -0.25) is 0 Å². The lowest BCUT2D eigenvalue weighted by Gasteiger charge is -2.15. The molecule has 2 nitrogen and oxygen atoms in total. The molecule has 0 unspecified atom stereocenters. The van der Waals surface area contributed by atoms with Crippen molar-refractivity contribution in [2.45, 2.75) is 6.04 Å². The molecule has 0 aliphatic carbocycles. The molecule has 124 valence electrons. The average Bonchev–Trinajstić information content (AvgIpc) is 3.17. The van der Waals surface area contributed by atoms with Gasteiger partial charge >= 0.3 is 0 Å². The summed E-state index contributed by atoms with van der Waals surface area (Å²) in [5, 5.41) is 6.18. The Morgan fingerprint density at radius 2 is 1.28 bits per heavy atom. The zero-order chi connectivity index (χ0) is 16.9. The summed E-state index contributed by atoms with van der Waals surface area (Å²) in [6, 6.07) is 32.0. The zero-order valence-electron chi connectivity index (χ0n) is 13.9. The van der Waals surface area contributed by atoms with E-state index in [1.165, 1.54) is 16.2 Å². The second-order valence-electron chi connectivity index (χ2n) is 5.95. The van der Waals surface area contributed by atoms with Crippen molar-refractivity contribution in [2.24, 2.45) is 0 Å². The molecule has 3 aromatic carbocycles. The number of hydrogen-bond donors (Lipinski definition) is 1. The Labute approximate surface area is 149 Å². The third-order valence-corrected chi connectivity index (χ3v) is 6.44. The maximum Gasteiger partial charge on any atom is 0.188 e. The Hall–Kier alpha value is -2.57. The van der Waals surface area contributed by atoms with Crippen molar-refractivity contribution in [3.8, 4) is 0 Å². The lowest BCUT2D eigenvalue weighted by molar-refractivity contribution is 0.255. The molecule has 1 heterocycles. The summed E-state index contributed by atoms with van der Waals surface area (Å²) in [6.45, 7) is 0.669. The lowest BCUT2D eigenvalue weighted by Crippen LogP contribution is -2.15. The van der Waals surface area contributed by atoms with E-state index >= 15 is 0 Å². The summed E-state index contributed by atoms with van der Waals surface area (Å²) in [5.74, 6) is 3.14. The van der Waals surface area contributed by atoms with Crippen LogP contribution >= 0.6 is 7.92 Å². The van der Waals surface area contributed by atoms with Crippen LogP contribution in [0.15, 0.2) is 103 Å². The first-order valence-electron chi connectivity index (χ1n) is 8.45. The van der Waals surface area contributed by atoms with Crippen LogP contribution in [0.3, 0.4) is 0 Å². The van der Waals surface area contributed by atoms with Crippen molar-refractivity contribution in [3.05, 3.63) is 108 Å². The van der Waals surface area contributed by atoms with E-state index in [1.54, 1.807) is 0 Å². The van der Waals surface area contributed by atoms with Crippen molar-refractivity contribution in [2.75, 3.05) is 6.61 Å². The van der Waals surface area contributed by atoms with Crippen LogP contribution in [0.25, 0.3) is 0 Å². The van der Waals surface area contributed by atoms with Crippen LogP contribution in [0.5, 0.6) is 0 Å². The van der Waals surface area contributed by atoms with Gasteiger partial charge in [-0.1, -0.05) is 91.0 Å². The lowest BCUT2D eigenvalue weighted by atomic mass is 10.1. The largest absolute Gasteiger partial charge is 0.477 e. The summed E-state index contributed by atoms with van der Waals surface area (Å²) in [7, 11) is -0.599. The van der Waals surface area contributed by atoms with E-state index in [1.807, 2.05) is 6.07 Å². The molecule has 0 spiro atoms. The third-order valence-electron chi connectivity index (χ3n) is 4.24. The number of nitrogens with one attached hydrogen (secondary N) is 1. The maximum atomic E-state index is 5.96. The van der Waals surface area contributed by atoms with Gasteiger partial charge in [0.15, 0.2) is 5.88 Å². The molecular weight excluding hydrogens is 325 g/mol. The van der Waals surface area contributed by atoms with Crippen LogP contribution in [0.1, 0.15) is 11.6 Å². The fourth-order valence-corrected chi connectivity index (χ4v) is 4.93. The highest BCUT2D eigenvalue weighted by Gasteiger charge is 2.23. The summed E-state index contributed by atoms with van der Waals surface area (Å²) in [6.07, 6.45) is 0. The fraction of sp³-hybridized carbons (Fsp3) is 0.0909. The molecule has 0 amide bonds. The van der Waals surface area contributed by atoms with Crippen molar-refractivity contribution in [1.82, 2.24) is 5.32 Å². The molecule has 25 heavy (non-hydrogen) atoms. The van der Waals surface area contributed by atoms with Gasteiger partial charge in [-0.25, -0.2) is 0 Å². The van der Waals surface area contributed by atoms with E-state index in [0.29, 0.717) is 6.61 Å². The molecule has 1 fully saturated rings. The van der Waals surface area contributed by atoms with Crippen molar-refractivity contribution in [3.63, 3.8) is 0 Å². The first-order chi connectivity index (χ1) is 12.4. The van der Waals surface area contributed by atoms with E-state index < -0.39 is 7.92 Å². The molecule has 1 atom stereocenters. The number of rotatable bonds is 4. The summed E-state index contributed by atoms with van der Waals surface area (Å²) in [5.41, 5.74) is 1.26. The van der Waals surface area contributed by atoms with E-state index in [0.717, 1.165) is 5.88 Å². The first-order valence-corrected chi connectivity index (χ1v) is 9.87. The fourth-order valence-electron chi connectivity index (χ4n) is 2.96. The highest BCUT2D eigenvalue weighted by Crippen LogP contribution is 2.37. The van der Waals surface area contributed by atoms with Crippen LogP contribution < -0.4 is 15.9 Å². The number of hydrogen-bond acceptors (Lipinski definition) is 2. The number of benzene rings is 3. The van der Waals surface area contributed by atoms with Gasteiger partial charge in [0.2, 0.25) is 0 Å². The molecule has 1 aliphatic rings. The van der Waals surface area contributed by atoms with Gasteiger partial charge in [0, 0.05) is 5.82 Å². The normalized spacial score (nSPS) is 18.1. The summed E-state index contributed by atoms with van der Waals surface area (Å²) >= 11 is 0. The predicted molar refractivity (Wildman–Crippen MR) is 105 cm³/mol. The molecule has 1 saturated heterocycles. The third kappa shape index (κ3) is 3.75. The van der Waals surface area contributed by atoms with Crippen molar-refractivity contribution < 1.29 is 4.74 Å². The molecule has 0 aromatic heterocycles. The average molecular weight is 345 g/mol. The highest BCUT2D eigenvalue weighted by atomic mass is 31.1. The van der Waals surface area contributed by atoms with Crippen LogP contribution in [0.4, 0.5) is 0 Å². The minimum atomic E-state index is -0.599. The molecule has 4 rings (SSSR count). The van der Waals surface area contributed by atoms with E-state index in [4.69, 9.17) is 4.74 Å². The first kappa shape index (κ1) is 15.9. The van der Waals surface area contributed by atoms with Crippen LogP contribution in [0, 0.1) is 0 Å². The van der Waals surface area contributed by atoms with Crippen molar-refractivity contribution in [1.29, 1.82) is 0 Å². The molecule has 0 bridgehead atoms. The number of ether oxygens (including phenoxy) is 1. The molecule has 3 heteroatoms. The topological polar surface area (TPSA) is 21.3 Å². The van der Waals surface area contributed by atoms with E-state index in [2.05, 4.69) is 96.1 Å². The predicted octanol–water partition coefficient (Wildman–Crippen LogP) is 4.28. The van der Waals surface area contributed by atoms with Gasteiger partial charge in [0.05, 0.1) is 6.04 Å². The molecule has 1 N–H and O–H groups in total. The Morgan fingerprint density at radius 3 is 1.84 bits per heavy atom. The quantitative estimate of drug-likeness (QED) is 0.713. The molecule has 0 radical (unpaired) electrons. The SMILES string of the molecule is C(=C1\N[C@H](c2ccccc2)CO1)/P(c1ccccc1)c1ccccc1. The second kappa shape index (κ2) is 7.55. The van der Waals surface area contributed by atoms with E-state index in [-0.39, 0.29) is 6.04 Å². The van der Waals surface area contributed by atoms with Crippen LogP contribution in [-0.2, 0) is 4.74 Å². The van der Waals surface area contributed by atoms with Crippen LogP contribution in [-0.4, -0.2) is 6.61 Å². The molecular formula is C22H20NOP. The Bertz CT molecular complexity index is 794. The Morgan fingerprint density at radius 1 is 0.760 bits per heavy atom. The second-order valence-corrected chi connectivity index (χ2v) is 7.98. The maximum absolute atomic E-state index is 5.96. The van der Waals surface area contributed by atoms with E-state index in [9.17, 15) is 0 Å². The van der Waals surface area contributed by atoms with Crippen LogP contribution in [0.2, 0.25) is 0 Å². The minimum Gasteiger partial charge on any atom is -0.477 e. The van der Waals surface area contributed by atoms with Gasteiger partial charge in [-0.15, -0.1) is 0 Å². The smallest absolute Gasteiger partial charge is 0.188 e. The molecule has 3 aromatic rings. The minimum absolute atomic E-state index is 0.218. The summed E-state index contributed by atoms with van der Waals surface area (Å²) < 4.78 is 5.96. The van der Waals surface area contributed by atoms with Gasteiger partial charge in [-0.2, -0.15) is 0 Å². The standard InChI is InChI=1S/C22H20NOP/c1-4-10-18(11-5-1)21-16-24-22(23-21)17-25(19-12-6-2-7-13-19)20-14-8-3-9-15-20/h1-15,17,21,23H,16H2/b22-17-/t21-/m0/s1. The monoisotopic (exact) mass is 345 g/mol. The van der Waals surface area contributed by atoms with Gasteiger partial charge in [-0.05, 0) is 24.1 Å². The van der Waals surface area contributed by atoms with Gasteiger partial charge < -0.3 is 10.1 Å². The van der Waals surface area contributed by atoms with Crippen molar-refractivity contribution >= 4 is 18.5 Å².